The monoisotopic (exact) mass is 504 g/mol. The number of aliphatic hydroxyl groups is 1. The minimum absolute atomic E-state index is 0.0894. The molecule has 1 amide bonds. The van der Waals surface area contributed by atoms with Crippen LogP contribution in [0.5, 0.6) is 0 Å². The maximum atomic E-state index is 14.1. The van der Waals surface area contributed by atoms with E-state index in [2.05, 4.69) is 10.3 Å². The molecule has 1 saturated heterocycles. The number of nitrogens with one attached hydrogen (secondary N) is 1. The van der Waals surface area contributed by atoms with E-state index >= 15 is 0 Å². The van der Waals surface area contributed by atoms with Gasteiger partial charge in [0.15, 0.2) is 0 Å². The first kappa shape index (κ1) is 23.7. The van der Waals surface area contributed by atoms with E-state index in [1.54, 1.807) is 34.1 Å². The Bertz CT molecular complexity index is 1270. The van der Waals surface area contributed by atoms with Crippen LogP contribution in [0.3, 0.4) is 0 Å². The molecule has 1 saturated carbocycles. The van der Waals surface area contributed by atoms with Crippen molar-refractivity contribution in [2.24, 2.45) is 5.92 Å². The van der Waals surface area contributed by atoms with Crippen molar-refractivity contribution in [1.82, 2.24) is 9.88 Å². The van der Waals surface area contributed by atoms with Gasteiger partial charge in [0.05, 0.1) is 23.4 Å². The van der Waals surface area contributed by atoms with Gasteiger partial charge in [-0.15, -0.1) is 0 Å². The fourth-order valence-corrected chi connectivity index (χ4v) is 4.66. The quantitative estimate of drug-likeness (QED) is 0.500. The number of aromatic nitrogens is 1. The van der Waals surface area contributed by atoms with Crippen LogP contribution in [0.1, 0.15) is 24.0 Å². The zero-order valence-corrected chi connectivity index (χ0v) is 19.5. The summed E-state index contributed by atoms with van der Waals surface area (Å²) in [5.74, 6) is 0.213. The van der Waals surface area contributed by atoms with Gasteiger partial charge < -0.3 is 20.2 Å². The van der Waals surface area contributed by atoms with Gasteiger partial charge in [-0.2, -0.15) is 13.2 Å². The predicted molar refractivity (Wildman–Crippen MR) is 129 cm³/mol. The Morgan fingerprint density at radius 2 is 1.86 bits per heavy atom. The lowest BCUT2D eigenvalue weighted by Gasteiger charge is -2.37. The number of anilines is 3. The minimum Gasteiger partial charge on any atom is -0.392 e. The van der Waals surface area contributed by atoms with E-state index in [9.17, 15) is 23.1 Å². The molecule has 2 N–H and O–H groups in total. The summed E-state index contributed by atoms with van der Waals surface area (Å²) in [5, 5.41) is 13.9. The third-order valence-electron chi connectivity index (χ3n) is 6.51. The van der Waals surface area contributed by atoms with Crippen LogP contribution in [0.2, 0.25) is 5.02 Å². The lowest BCUT2D eigenvalue weighted by atomic mass is 10.1. The van der Waals surface area contributed by atoms with Crippen molar-refractivity contribution >= 4 is 45.5 Å². The van der Waals surface area contributed by atoms with E-state index in [0.29, 0.717) is 53.4 Å². The maximum Gasteiger partial charge on any atom is 0.418 e. The highest BCUT2D eigenvalue weighted by Crippen LogP contribution is 2.40. The van der Waals surface area contributed by atoms with Crippen LogP contribution in [0.25, 0.3) is 10.9 Å². The van der Waals surface area contributed by atoms with Gasteiger partial charge in [0.1, 0.15) is 0 Å². The average molecular weight is 505 g/mol. The van der Waals surface area contributed by atoms with Crippen molar-refractivity contribution in [3.8, 4) is 0 Å². The molecule has 5 rings (SSSR count). The second-order valence-corrected chi connectivity index (χ2v) is 9.36. The van der Waals surface area contributed by atoms with E-state index in [1.807, 2.05) is 0 Å². The molecular formula is C25H24ClF3N4O2. The fourth-order valence-electron chi connectivity index (χ4n) is 4.49. The van der Waals surface area contributed by atoms with Gasteiger partial charge >= 0.3 is 6.18 Å². The molecule has 2 fully saturated rings. The first-order valence-corrected chi connectivity index (χ1v) is 11.8. The molecule has 0 unspecified atom stereocenters. The van der Waals surface area contributed by atoms with E-state index in [0.717, 1.165) is 18.9 Å². The van der Waals surface area contributed by atoms with Crippen LogP contribution < -0.4 is 10.2 Å². The molecule has 0 radical (unpaired) electrons. The number of nitrogens with zero attached hydrogens (tertiary/aromatic N) is 3. The number of piperazine rings is 1. The molecule has 0 bridgehead atoms. The molecule has 3 aromatic rings. The summed E-state index contributed by atoms with van der Waals surface area (Å²) < 4.78 is 42.3. The van der Waals surface area contributed by atoms with Crippen LogP contribution >= 0.6 is 11.6 Å². The standard InChI is InChI=1S/C25H24ClF3N4O2/c26-17-3-5-21-19(11-17)23(16(14-34)13-30-21)31-18-4-6-22(20(12-18)25(27,28)29)32-7-9-33(10-8-32)24(35)15-1-2-15/h3-6,11-13,15,34H,1-2,7-10,14H2,(H,30,31). The van der Waals surface area contributed by atoms with Gasteiger partial charge in [-0.3, -0.25) is 9.78 Å². The van der Waals surface area contributed by atoms with Crippen molar-refractivity contribution in [1.29, 1.82) is 0 Å². The maximum absolute atomic E-state index is 14.1. The van der Waals surface area contributed by atoms with Crippen molar-refractivity contribution in [3.63, 3.8) is 0 Å². The molecule has 184 valence electrons. The lowest BCUT2D eigenvalue weighted by molar-refractivity contribution is -0.137. The number of halogens is 4. The van der Waals surface area contributed by atoms with Crippen LogP contribution in [-0.4, -0.2) is 47.1 Å². The minimum atomic E-state index is -4.57. The molecular weight excluding hydrogens is 481 g/mol. The fraction of sp³-hybridized carbons (Fsp3) is 0.360. The zero-order chi connectivity index (χ0) is 24.7. The van der Waals surface area contributed by atoms with Gasteiger partial charge in [-0.1, -0.05) is 11.6 Å². The van der Waals surface area contributed by atoms with Crippen LogP contribution in [-0.2, 0) is 17.6 Å². The molecule has 1 aliphatic carbocycles. The van der Waals surface area contributed by atoms with Gasteiger partial charge in [0.2, 0.25) is 5.91 Å². The second kappa shape index (κ2) is 9.20. The number of rotatable bonds is 5. The van der Waals surface area contributed by atoms with Gasteiger partial charge in [0.25, 0.3) is 0 Å². The van der Waals surface area contributed by atoms with E-state index in [-0.39, 0.29) is 29.8 Å². The summed E-state index contributed by atoms with van der Waals surface area (Å²) in [6, 6.07) is 9.17. The van der Waals surface area contributed by atoms with Crippen LogP contribution in [0, 0.1) is 5.92 Å². The molecule has 10 heteroatoms. The average Bonchev–Trinajstić information content (AvgIpc) is 3.69. The number of pyridine rings is 1. The number of carbonyl (C=O) groups excluding carboxylic acids is 1. The third-order valence-corrected chi connectivity index (χ3v) is 6.74. The summed E-state index contributed by atoms with van der Waals surface area (Å²) in [7, 11) is 0. The normalized spacial score (nSPS) is 16.6. The molecule has 1 aliphatic heterocycles. The Morgan fingerprint density at radius 3 is 2.51 bits per heavy atom. The Kier molecular flexibility index (Phi) is 6.23. The molecule has 2 aromatic carbocycles. The van der Waals surface area contributed by atoms with E-state index in [4.69, 9.17) is 11.6 Å². The SMILES string of the molecule is O=C(C1CC1)N1CCN(c2ccc(Nc3c(CO)cnc4ccc(Cl)cc34)cc2C(F)(F)F)CC1. The van der Waals surface area contributed by atoms with Crippen LogP contribution in [0.15, 0.2) is 42.6 Å². The Hall–Kier alpha value is -3.04. The Balaban J connectivity index is 1.44. The topological polar surface area (TPSA) is 68.7 Å². The number of carbonyl (C=O) groups is 1. The van der Waals surface area contributed by atoms with E-state index < -0.39 is 11.7 Å². The zero-order valence-electron chi connectivity index (χ0n) is 18.8. The highest BCUT2D eigenvalue weighted by Gasteiger charge is 2.38. The molecule has 35 heavy (non-hydrogen) atoms. The number of aliphatic hydroxyl groups excluding tert-OH is 1. The summed E-state index contributed by atoms with van der Waals surface area (Å²) >= 11 is 6.13. The molecule has 2 aliphatic rings. The lowest BCUT2D eigenvalue weighted by Crippen LogP contribution is -2.49. The first-order chi connectivity index (χ1) is 16.7. The first-order valence-electron chi connectivity index (χ1n) is 11.4. The summed E-state index contributed by atoms with van der Waals surface area (Å²) in [4.78, 5) is 20.0. The summed E-state index contributed by atoms with van der Waals surface area (Å²) in [5.41, 5.74) is 1.05. The predicted octanol–water partition coefficient (Wildman–Crippen LogP) is 5.20. The van der Waals surface area contributed by atoms with Gasteiger partial charge in [-0.25, -0.2) is 0 Å². The number of fused-ring (bicyclic) bond motifs is 1. The molecule has 6 nitrogen and oxygen atoms in total. The smallest absolute Gasteiger partial charge is 0.392 e. The van der Waals surface area contributed by atoms with E-state index in [1.165, 1.54) is 12.3 Å². The van der Waals surface area contributed by atoms with Crippen molar-refractivity contribution in [3.05, 3.63) is 58.7 Å². The summed E-state index contributed by atoms with van der Waals surface area (Å²) in [6.07, 6.45) is -1.27. The van der Waals surface area contributed by atoms with Gasteiger partial charge in [0, 0.05) is 65.6 Å². The van der Waals surface area contributed by atoms with Crippen molar-refractivity contribution in [2.75, 3.05) is 36.4 Å². The highest BCUT2D eigenvalue weighted by atomic mass is 35.5. The number of amides is 1. The Labute approximate surface area is 205 Å². The summed E-state index contributed by atoms with van der Waals surface area (Å²) in [6.45, 7) is 1.17. The molecule has 2 heterocycles. The number of benzene rings is 2. The number of hydrogen-bond acceptors (Lipinski definition) is 5. The second-order valence-electron chi connectivity index (χ2n) is 8.92. The third kappa shape index (κ3) is 4.88. The Morgan fingerprint density at radius 1 is 1.11 bits per heavy atom. The highest BCUT2D eigenvalue weighted by molar-refractivity contribution is 6.31. The van der Waals surface area contributed by atoms with Crippen molar-refractivity contribution in [2.45, 2.75) is 25.6 Å². The van der Waals surface area contributed by atoms with Crippen LogP contribution in [0.4, 0.5) is 30.2 Å². The van der Waals surface area contributed by atoms with Crippen molar-refractivity contribution < 1.29 is 23.1 Å². The number of alkyl halides is 3. The molecule has 0 atom stereocenters. The largest absolute Gasteiger partial charge is 0.418 e. The number of hydrogen-bond donors (Lipinski definition) is 2. The molecule has 0 spiro atoms. The molecule has 1 aromatic heterocycles. The van der Waals surface area contributed by atoms with Gasteiger partial charge in [-0.05, 0) is 49.2 Å².